The summed E-state index contributed by atoms with van der Waals surface area (Å²) in [6.45, 7) is 8.29. The summed E-state index contributed by atoms with van der Waals surface area (Å²) in [5, 5.41) is 0. The molecule has 1 unspecified atom stereocenters. The van der Waals surface area contributed by atoms with Gasteiger partial charge in [0.05, 0.1) is 6.54 Å². The van der Waals surface area contributed by atoms with Crippen molar-refractivity contribution < 1.29 is 9.59 Å². The van der Waals surface area contributed by atoms with Crippen molar-refractivity contribution >= 4 is 11.8 Å². The fourth-order valence-corrected chi connectivity index (χ4v) is 2.97. The average molecular weight is 267 g/mol. The molecular formula is C14H25N3O2. The second-order valence-electron chi connectivity index (χ2n) is 5.71. The maximum absolute atomic E-state index is 12.3. The largest absolute Gasteiger partial charge is 0.340 e. The lowest BCUT2D eigenvalue weighted by Gasteiger charge is -2.37. The zero-order valence-electron chi connectivity index (χ0n) is 12.1. The van der Waals surface area contributed by atoms with Crippen molar-refractivity contribution in [2.24, 2.45) is 0 Å². The molecular weight excluding hydrogens is 242 g/mol. The predicted molar refractivity (Wildman–Crippen MR) is 73.7 cm³/mol. The number of nitrogens with zero attached hydrogens (tertiary/aromatic N) is 3. The van der Waals surface area contributed by atoms with Crippen LogP contribution < -0.4 is 0 Å². The zero-order chi connectivity index (χ0) is 13.8. The van der Waals surface area contributed by atoms with Gasteiger partial charge in [-0.05, 0) is 26.2 Å². The molecule has 2 saturated heterocycles. The third-order valence-corrected chi connectivity index (χ3v) is 4.30. The first-order valence-corrected chi connectivity index (χ1v) is 7.35. The van der Waals surface area contributed by atoms with E-state index in [1.807, 2.05) is 9.80 Å². The fourth-order valence-electron chi connectivity index (χ4n) is 2.97. The predicted octanol–water partition coefficient (Wildman–Crippen LogP) is 0.552. The van der Waals surface area contributed by atoms with Crippen LogP contribution in [-0.4, -0.2) is 71.8 Å². The van der Waals surface area contributed by atoms with Crippen molar-refractivity contribution in [1.29, 1.82) is 0 Å². The molecule has 0 aromatic rings. The van der Waals surface area contributed by atoms with Gasteiger partial charge >= 0.3 is 0 Å². The monoisotopic (exact) mass is 267 g/mol. The first-order valence-electron chi connectivity index (χ1n) is 7.35. The lowest BCUT2D eigenvalue weighted by molar-refractivity contribution is -0.136. The van der Waals surface area contributed by atoms with Gasteiger partial charge in [-0.25, -0.2) is 0 Å². The molecule has 5 heteroatoms. The number of likely N-dealkylation sites (tertiary alicyclic amines) is 1. The van der Waals surface area contributed by atoms with E-state index in [1.165, 1.54) is 6.42 Å². The Morgan fingerprint density at radius 3 is 2.32 bits per heavy atom. The van der Waals surface area contributed by atoms with Crippen molar-refractivity contribution in [3.05, 3.63) is 0 Å². The highest BCUT2D eigenvalue weighted by molar-refractivity contribution is 5.78. The summed E-state index contributed by atoms with van der Waals surface area (Å²) in [7, 11) is 0. The smallest absolute Gasteiger partial charge is 0.236 e. The highest BCUT2D eigenvalue weighted by Crippen LogP contribution is 2.16. The number of carbonyl (C=O) groups is 2. The van der Waals surface area contributed by atoms with E-state index in [9.17, 15) is 9.59 Å². The molecule has 0 N–H and O–H groups in total. The Balaban J connectivity index is 1.78. The number of hydrogen-bond acceptors (Lipinski definition) is 3. The molecule has 0 aliphatic carbocycles. The standard InChI is InChI=1S/C14H25N3O2/c1-12-5-3-4-6-17(12)14(19)11-15-7-9-16(10-8-15)13(2)18/h12H,3-11H2,1-2H3. The van der Waals surface area contributed by atoms with E-state index in [1.54, 1.807) is 6.92 Å². The van der Waals surface area contributed by atoms with Gasteiger partial charge in [-0.3, -0.25) is 14.5 Å². The van der Waals surface area contributed by atoms with Crippen LogP contribution >= 0.6 is 0 Å². The van der Waals surface area contributed by atoms with Gasteiger partial charge in [-0.1, -0.05) is 0 Å². The van der Waals surface area contributed by atoms with Crippen molar-refractivity contribution in [2.75, 3.05) is 39.3 Å². The molecule has 0 spiro atoms. The van der Waals surface area contributed by atoms with Crippen LogP contribution in [0.25, 0.3) is 0 Å². The Hall–Kier alpha value is -1.10. The lowest BCUT2D eigenvalue weighted by atomic mass is 10.0. The number of rotatable bonds is 2. The average Bonchev–Trinajstić information content (AvgIpc) is 2.39. The van der Waals surface area contributed by atoms with Crippen LogP contribution in [0.1, 0.15) is 33.1 Å². The lowest BCUT2D eigenvalue weighted by Crippen LogP contribution is -2.52. The minimum absolute atomic E-state index is 0.135. The van der Waals surface area contributed by atoms with Crippen LogP contribution in [-0.2, 0) is 9.59 Å². The van der Waals surface area contributed by atoms with Gasteiger partial charge in [0.25, 0.3) is 0 Å². The SMILES string of the molecule is CC(=O)N1CCN(CC(=O)N2CCCCC2C)CC1. The third-order valence-electron chi connectivity index (χ3n) is 4.30. The van der Waals surface area contributed by atoms with Gasteiger partial charge in [-0.15, -0.1) is 0 Å². The molecule has 5 nitrogen and oxygen atoms in total. The second kappa shape index (κ2) is 6.37. The summed E-state index contributed by atoms with van der Waals surface area (Å²) in [5.41, 5.74) is 0. The fraction of sp³-hybridized carbons (Fsp3) is 0.857. The maximum atomic E-state index is 12.3. The Kier molecular flexibility index (Phi) is 4.80. The molecule has 2 fully saturated rings. The molecule has 2 rings (SSSR count). The summed E-state index contributed by atoms with van der Waals surface area (Å²) < 4.78 is 0. The van der Waals surface area contributed by atoms with E-state index in [0.717, 1.165) is 45.6 Å². The van der Waals surface area contributed by atoms with Crippen molar-refractivity contribution in [3.8, 4) is 0 Å². The quantitative estimate of drug-likeness (QED) is 0.734. The molecule has 2 heterocycles. The van der Waals surface area contributed by atoms with Gasteiger partial charge in [-0.2, -0.15) is 0 Å². The molecule has 1 atom stereocenters. The molecule has 19 heavy (non-hydrogen) atoms. The molecule has 0 aromatic carbocycles. The Bertz CT molecular complexity index is 338. The van der Waals surface area contributed by atoms with E-state index in [4.69, 9.17) is 0 Å². The molecule has 0 radical (unpaired) electrons. The van der Waals surface area contributed by atoms with Gasteiger partial charge < -0.3 is 9.80 Å². The van der Waals surface area contributed by atoms with Gasteiger partial charge in [0, 0.05) is 45.7 Å². The van der Waals surface area contributed by atoms with Gasteiger partial charge in [0.1, 0.15) is 0 Å². The number of piperidine rings is 1. The van der Waals surface area contributed by atoms with Crippen molar-refractivity contribution in [2.45, 2.75) is 39.2 Å². The van der Waals surface area contributed by atoms with Crippen LogP contribution in [0.15, 0.2) is 0 Å². The summed E-state index contributed by atoms with van der Waals surface area (Å²) in [4.78, 5) is 29.6. The van der Waals surface area contributed by atoms with Crippen LogP contribution in [0.4, 0.5) is 0 Å². The molecule has 2 aliphatic rings. The van der Waals surface area contributed by atoms with Gasteiger partial charge in [0.15, 0.2) is 0 Å². The normalized spacial score (nSPS) is 25.5. The van der Waals surface area contributed by atoms with E-state index in [2.05, 4.69) is 11.8 Å². The van der Waals surface area contributed by atoms with Crippen molar-refractivity contribution in [3.63, 3.8) is 0 Å². The van der Waals surface area contributed by atoms with E-state index in [-0.39, 0.29) is 11.8 Å². The molecule has 108 valence electrons. The molecule has 0 aromatic heterocycles. The Labute approximate surface area is 115 Å². The zero-order valence-corrected chi connectivity index (χ0v) is 12.1. The highest BCUT2D eigenvalue weighted by Gasteiger charge is 2.26. The van der Waals surface area contributed by atoms with E-state index >= 15 is 0 Å². The molecule has 0 bridgehead atoms. The highest BCUT2D eigenvalue weighted by atomic mass is 16.2. The number of piperazine rings is 1. The van der Waals surface area contributed by atoms with Crippen LogP contribution in [0.3, 0.4) is 0 Å². The second-order valence-corrected chi connectivity index (χ2v) is 5.71. The van der Waals surface area contributed by atoms with Crippen LogP contribution in [0.2, 0.25) is 0 Å². The van der Waals surface area contributed by atoms with Crippen LogP contribution in [0, 0.1) is 0 Å². The third kappa shape index (κ3) is 3.69. The number of hydrogen-bond donors (Lipinski definition) is 0. The summed E-state index contributed by atoms with van der Waals surface area (Å²) in [6.07, 6.45) is 3.50. The van der Waals surface area contributed by atoms with E-state index in [0.29, 0.717) is 12.6 Å². The first-order chi connectivity index (χ1) is 9.08. The van der Waals surface area contributed by atoms with Gasteiger partial charge in [0.2, 0.25) is 11.8 Å². The van der Waals surface area contributed by atoms with Crippen LogP contribution in [0.5, 0.6) is 0 Å². The Morgan fingerprint density at radius 2 is 1.74 bits per heavy atom. The minimum Gasteiger partial charge on any atom is -0.340 e. The minimum atomic E-state index is 0.135. The topological polar surface area (TPSA) is 43.9 Å². The Morgan fingerprint density at radius 1 is 1.05 bits per heavy atom. The summed E-state index contributed by atoms with van der Waals surface area (Å²) in [5.74, 6) is 0.388. The maximum Gasteiger partial charge on any atom is 0.236 e. The molecule has 2 amide bonds. The molecule has 0 saturated carbocycles. The molecule has 2 aliphatic heterocycles. The summed E-state index contributed by atoms with van der Waals surface area (Å²) in [6, 6.07) is 0.389. The number of amides is 2. The van der Waals surface area contributed by atoms with Crippen molar-refractivity contribution in [1.82, 2.24) is 14.7 Å². The first kappa shape index (κ1) is 14.3. The summed E-state index contributed by atoms with van der Waals surface area (Å²) >= 11 is 0. The number of carbonyl (C=O) groups excluding carboxylic acids is 2. The van der Waals surface area contributed by atoms with E-state index < -0.39 is 0 Å².